The van der Waals surface area contributed by atoms with Crippen LogP contribution in [0.2, 0.25) is 0 Å². The molecular formula is C31H40O6. The lowest BCUT2D eigenvalue weighted by Crippen LogP contribution is -2.03. The van der Waals surface area contributed by atoms with Gasteiger partial charge in [0.15, 0.2) is 0 Å². The third-order valence-corrected chi connectivity index (χ3v) is 5.24. The molecule has 3 aliphatic rings. The molecule has 0 aromatic heterocycles. The lowest BCUT2D eigenvalue weighted by Gasteiger charge is -2.01. The van der Waals surface area contributed by atoms with Crippen molar-refractivity contribution in [2.45, 2.75) is 45.0 Å². The van der Waals surface area contributed by atoms with Gasteiger partial charge in [-0.15, -0.1) is 0 Å². The molecule has 3 saturated heterocycles. The average Bonchev–Trinajstić information content (AvgIpc) is 3.81. The number of epoxide rings is 3. The summed E-state index contributed by atoms with van der Waals surface area (Å²) in [5.74, 6) is 2.76. The van der Waals surface area contributed by atoms with Crippen LogP contribution < -0.4 is 14.2 Å². The first-order valence-electron chi connectivity index (χ1n) is 13.1. The van der Waals surface area contributed by atoms with Gasteiger partial charge >= 0.3 is 0 Å². The maximum atomic E-state index is 5.40. The zero-order valence-corrected chi connectivity index (χ0v) is 22.0. The van der Waals surface area contributed by atoms with Crippen LogP contribution in [0.5, 0.6) is 17.2 Å². The smallest absolute Gasteiger partial charge is 0.119 e. The number of ether oxygens (including phenoxy) is 6. The molecule has 3 aliphatic heterocycles. The first-order chi connectivity index (χ1) is 18.3. The Kier molecular flexibility index (Phi) is 13.4. The minimum absolute atomic E-state index is 0.343. The SMILES string of the molecule is CCCC.c1ccc(OCC2CO2)cc1.c1ccc(OCC2CO2)cc1.c1ccc(OCC2CO2)cc1. The Morgan fingerprint density at radius 3 is 0.919 bits per heavy atom. The van der Waals surface area contributed by atoms with E-state index in [1.54, 1.807) is 0 Å². The largest absolute Gasteiger partial charge is 0.491 e. The minimum Gasteiger partial charge on any atom is -0.491 e. The van der Waals surface area contributed by atoms with Gasteiger partial charge in [-0.1, -0.05) is 81.3 Å². The van der Waals surface area contributed by atoms with Crippen molar-refractivity contribution in [1.29, 1.82) is 0 Å². The summed E-state index contributed by atoms with van der Waals surface area (Å²) in [6.45, 7) is 8.98. The van der Waals surface area contributed by atoms with Crippen molar-refractivity contribution < 1.29 is 28.4 Å². The van der Waals surface area contributed by atoms with E-state index in [9.17, 15) is 0 Å². The molecule has 6 rings (SSSR count). The second kappa shape index (κ2) is 17.4. The summed E-state index contributed by atoms with van der Waals surface area (Å²) in [4.78, 5) is 0. The Hall–Kier alpha value is -3.06. The van der Waals surface area contributed by atoms with E-state index in [0.29, 0.717) is 38.1 Å². The molecule has 200 valence electrons. The van der Waals surface area contributed by atoms with Crippen molar-refractivity contribution in [3.8, 4) is 17.2 Å². The second-order valence-corrected chi connectivity index (χ2v) is 8.74. The molecule has 3 heterocycles. The summed E-state index contributed by atoms with van der Waals surface area (Å²) in [5, 5.41) is 0. The van der Waals surface area contributed by atoms with Gasteiger partial charge in [0.2, 0.25) is 0 Å². The summed E-state index contributed by atoms with van der Waals surface area (Å²) in [6.07, 6.45) is 3.67. The molecule has 3 unspecified atom stereocenters. The van der Waals surface area contributed by atoms with Gasteiger partial charge < -0.3 is 28.4 Å². The standard InChI is InChI=1S/3C9H10O2.C4H10/c3*1-2-4-8(5-3-1)10-6-9-7-11-9;1-3-4-2/h3*1-5,9H,6-7H2;3-4H2,1-2H3. The number of rotatable bonds is 10. The van der Waals surface area contributed by atoms with Gasteiger partial charge in [0.1, 0.15) is 55.4 Å². The Balaban J connectivity index is 0.000000144. The van der Waals surface area contributed by atoms with Crippen molar-refractivity contribution in [2.24, 2.45) is 0 Å². The molecule has 37 heavy (non-hydrogen) atoms. The van der Waals surface area contributed by atoms with Crippen molar-refractivity contribution in [2.75, 3.05) is 39.6 Å². The maximum absolute atomic E-state index is 5.40. The molecule has 0 radical (unpaired) electrons. The zero-order valence-electron chi connectivity index (χ0n) is 22.0. The Morgan fingerprint density at radius 1 is 0.486 bits per heavy atom. The van der Waals surface area contributed by atoms with Gasteiger partial charge in [-0.25, -0.2) is 0 Å². The molecule has 6 heteroatoms. The van der Waals surface area contributed by atoms with Crippen LogP contribution in [0.3, 0.4) is 0 Å². The van der Waals surface area contributed by atoms with Crippen LogP contribution in [0.4, 0.5) is 0 Å². The fourth-order valence-corrected chi connectivity index (χ4v) is 2.61. The highest BCUT2D eigenvalue weighted by atomic mass is 16.6. The summed E-state index contributed by atoms with van der Waals surface area (Å²) < 4.78 is 31.2. The molecular weight excluding hydrogens is 468 g/mol. The normalized spacial score (nSPS) is 19.8. The summed E-state index contributed by atoms with van der Waals surface area (Å²) >= 11 is 0. The minimum atomic E-state index is 0.343. The van der Waals surface area contributed by atoms with Crippen molar-refractivity contribution in [1.82, 2.24) is 0 Å². The maximum Gasteiger partial charge on any atom is 0.119 e. The lowest BCUT2D eigenvalue weighted by atomic mass is 10.3. The van der Waals surface area contributed by atoms with E-state index in [2.05, 4.69) is 13.8 Å². The highest BCUT2D eigenvalue weighted by molar-refractivity contribution is 5.22. The Bertz CT molecular complexity index is 801. The van der Waals surface area contributed by atoms with Gasteiger partial charge in [-0.05, 0) is 36.4 Å². The molecule has 0 aliphatic carbocycles. The molecule has 0 N–H and O–H groups in total. The monoisotopic (exact) mass is 508 g/mol. The first-order valence-corrected chi connectivity index (χ1v) is 13.1. The molecule has 3 atom stereocenters. The zero-order chi connectivity index (χ0) is 26.0. The van der Waals surface area contributed by atoms with Crippen LogP contribution >= 0.6 is 0 Å². The van der Waals surface area contributed by atoms with Crippen LogP contribution in [0.1, 0.15) is 26.7 Å². The quantitative estimate of drug-likeness (QED) is 0.304. The van der Waals surface area contributed by atoms with Crippen molar-refractivity contribution >= 4 is 0 Å². The molecule has 6 nitrogen and oxygen atoms in total. The van der Waals surface area contributed by atoms with E-state index >= 15 is 0 Å². The second-order valence-electron chi connectivity index (χ2n) is 8.74. The summed E-state index contributed by atoms with van der Waals surface area (Å²) in [7, 11) is 0. The molecule has 0 amide bonds. The predicted molar refractivity (Wildman–Crippen MR) is 146 cm³/mol. The van der Waals surface area contributed by atoms with Gasteiger partial charge in [0.25, 0.3) is 0 Å². The Morgan fingerprint density at radius 2 is 0.730 bits per heavy atom. The highest BCUT2D eigenvalue weighted by Crippen LogP contribution is 2.15. The van der Waals surface area contributed by atoms with Crippen LogP contribution in [0.15, 0.2) is 91.0 Å². The molecule has 3 aromatic rings. The molecule has 0 spiro atoms. The van der Waals surface area contributed by atoms with Crippen LogP contribution in [-0.4, -0.2) is 58.0 Å². The van der Waals surface area contributed by atoms with Gasteiger partial charge in [0.05, 0.1) is 19.8 Å². The number of hydrogen-bond acceptors (Lipinski definition) is 6. The van der Waals surface area contributed by atoms with Gasteiger partial charge in [-0.3, -0.25) is 0 Å². The first kappa shape index (κ1) is 28.5. The Labute approximate surface area is 221 Å². The molecule has 3 fully saturated rings. The number of hydrogen-bond donors (Lipinski definition) is 0. The summed E-state index contributed by atoms with van der Waals surface area (Å²) in [6, 6.07) is 29.4. The van der Waals surface area contributed by atoms with Crippen molar-refractivity contribution in [3.05, 3.63) is 91.0 Å². The van der Waals surface area contributed by atoms with Crippen LogP contribution in [-0.2, 0) is 14.2 Å². The molecule has 0 bridgehead atoms. The van der Waals surface area contributed by atoms with Gasteiger partial charge in [0, 0.05) is 0 Å². The number of para-hydroxylation sites is 3. The van der Waals surface area contributed by atoms with E-state index in [-0.39, 0.29) is 0 Å². The number of unbranched alkanes of at least 4 members (excludes halogenated alkanes) is 1. The van der Waals surface area contributed by atoms with Crippen LogP contribution in [0, 0.1) is 0 Å². The lowest BCUT2D eigenvalue weighted by molar-refractivity contribution is 0.263. The predicted octanol–water partition coefficient (Wildman–Crippen LogP) is 6.20. The van der Waals surface area contributed by atoms with E-state index in [1.165, 1.54) is 12.8 Å². The van der Waals surface area contributed by atoms with E-state index in [1.807, 2.05) is 91.0 Å². The average molecular weight is 509 g/mol. The topological polar surface area (TPSA) is 65.3 Å². The molecule has 0 saturated carbocycles. The van der Waals surface area contributed by atoms with Crippen LogP contribution in [0.25, 0.3) is 0 Å². The summed E-state index contributed by atoms with van der Waals surface area (Å²) in [5.41, 5.74) is 0. The van der Waals surface area contributed by atoms with Gasteiger partial charge in [-0.2, -0.15) is 0 Å². The fourth-order valence-electron chi connectivity index (χ4n) is 2.61. The van der Waals surface area contributed by atoms with E-state index < -0.39 is 0 Å². The van der Waals surface area contributed by atoms with E-state index in [4.69, 9.17) is 28.4 Å². The highest BCUT2D eigenvalue weighted by Gasteiger charge is 2.24. The third-order valence-electron chi connectivity index (χ3n) is 5.24. The van der Waals surface area contributed by atoms with E-state index in [0.717, 1.165) is 37.1 Å². The third kappa shape index (κ3) is 14.9. The fraction of sp³-hybridized carbons (Fsp3) is 0.419. The molecule has 3 aromatic carbocycles. The number of benzene rings is 3. The van der Waals surface area contributed by atoms with Crippen molar-refractivity contribution in [3.63, 3.8) is 0 Å².